The average molecular weight is 315 g/mol. The van der Waals surface area contributed by atoms with Gasteiger partial charge in [-0.15, -0.1) is 0 Å². The van der Waals surface area contributed by atoms with Gasteiger partial charge in [0.2, 0.25) is 17.3 Å². The van der Waals surface area contributed by atoms with E-state index in [-0.39, 0.29) is 0 Å². The highest BCUT2D eigenvalue weighted by Gasteiger charge is 2.71. The largest absolute Gasteiger partial charge is 0.367 e. The third kappa shape index (κ3) is 3.12. The van der Waals surface area contributed by atoms with Gasteiger partial charge in [0.15, 0.2) is 0 Å². The van der Waals surface area contributed by atoms with Crippen LogP contribution in [0.5, 0.6) is 0 Å². The molecule has 0 aromatic rings. The Hall–Kier alpha value is -0.310. The van der Waals surface area contributed by atoms with Crippen molar-refractivity contribution in [2.24, 2.45) is 0 Å². The van der Waals surface area contributed by atoms with Gasteiger partial charge in [-0.25, -0.2) is 8.78 Å². The van der Waals surface area contributed by atoms with E-state index in [0.29, 0.717) is 0 Å². The zero-order chi connectivity index (χ0) is 14.2. The molecule has 11 heteroatoms. The SMILES string of the molecule is FC(Cl)=C(F)C(F)(F)C(F)(F)C(F)C(F)(F)Cl. The van der Waals surface area contributed by atoms with Gasteiger partial charge in [-0.2, -0.15) is 30.7 Å². The van der Waals surface area contributed by atoms with E-state index in [1.165, 1.54) is 0 Å². The van der Waals surface area contributed by atoms with Crippen molar-refractivity contribution in [3.8, 4) is 0 Å². The summed E-state index contributed by atoms with van der Waals surface area (Å²) in [5, 5.41) is -8.32. The minimum Gasteiger partial charge on any atom is -0.232 e. The number of halogens is 11. The molecule has 0 aliphatic rings. The standard InChI is InChI=1S/C6HCl2F9/c7-2(10)1(9)4(12,13)5(14,15)3(11)6(8,16)17/h3H. The van der Waals surface area contributed by atoms with E-state index >= 15 is 0 Å². The fraction of sp³-hybridized carbons (Fsp3) is 0.667. The zero-order valence-electron chi connectivity index (χ0n) is 7.23. The van der Waals surface area contributed by atoms with Crippen molar-refractivity contribution >= 4 is 23.2 Å². The third-order valence-electron chi connectivity index (χ3n) is 1.47. The molecule has 0 radical (unpaired) electrons. The fourth-order valence-corrected chi connectivity index (χ4v) is 0.885. The Morgan fingerprint density at radius 1 is 0.941 bits per heavy atom. The molecule has 0 bridgehead atoms. The first-order chi connectivity index (χ1) is 7.26. The van der Waals surface area contributed by atoms with E-state index in [4.69, 9.17) is 0 Å². The predicted molar refractivity (Wildman–Crippen MR) is 40.7 cm³/mol. The van der Waals surface area contributed by atoms with Gasteiger partial charge in [0, 0.05) is 0 Å². The van der Waals surface area contributed by atoms with Crippen LogP contribution in [0.25, 0.3) is 0 Å². The molecule has 0 aliphatic heterocycles. The topological polar surface area (TPSA) is 0 Å². The van der Waals surface area contributed by atoms with Crippen molar-refractivity contribution in [2.75, 3.05) is 0 Å². The van der Waals surface area contributed by atoms with Gasteiger partial charge in [-0.3, -0.25) is 0 Å². The number of alkyl halides is 8. The number of rotatable bonds is 4. The van der Waals surface area contributed by atoms with Crippen LogP contribution in [0.3, 0.4) is 0 Å². The molecule has 1 atom stereocenters. The van der Waals surface area contributed by atoms with Gasteiger partial charge >= 0.3 is 17.2 Å². The van der Waals surface area contributed by atoms with Crippen LogP contribution in [-0.4, -0.2) is 23.4 Å². The Bertz CT molecular complexity index is 314. The van der Waals surface area contributed by atoms with Crippen LogP contribution in [0.4, 0.5) is 39.5 Å². The van der Waals surface area contributed by atoms with Gasteiger partial charge in [0.05, 0.1) is 0 Å². The summed E-state index contributed by atoms with van der Waals surface area (Å²) in [5.41, 5.74) is 0. The van der Waals surface area contributed by atoms with Crippen LogP contribution in [0.2, 0.25) is 0 Å². The van der Waals surface area contributed by atoms with Gasteiger partial charge in [0.25, 0.3) is 0 Å². The van der Waals surface area contributed by atoms with Crippen molar-refractivity contribution < 1.29 is 39.5 Å². The minimum atomic E-state index is -6.30. The van der Waals surface area contributed by atoms with Crippen molar-refractivity contribution in [1.29, 1.82) is 0 Å². The molecular weight excluding hydrogens is 314 g/mol. The number of hydrogen-bond donors (Lipinski definition) is 0. The Morgan fingerprint density at radius 2 is 1.29 bits per heavy atom. The van der Waals surface area contributed by atoms with Crippen LogP contribution in [0.15, 0.2) is 11.1 Å². The van der Waals surface area contributed by atoms with E-state index in [0.717, 1.165) is 0 Å². The fourth-order valence-electron chi connectivity index (χ4n) is 0.630. The lowest BCUT2D eigenvalue weighted by atomic mass is 10.1. The molecule has 102 valence electrons. The van der Waals surface area contributed by atoms with Gasteiger partial charge in [-0.1, -0.05) is 0 Å². The molecule has 0 heterocycles. The lowest BCUT2D eigenvalue weighted by Crippen LogP contribution is -2.53. The Balaban J connectivity index is 5.54. The van der Waals surface area contributed by atoms with E-state index in [2.05, 4.69) is 23.2 Å². The van der Waals surface area contributed by atoms with Crippen LogP contribution in [-0.2, 0) is 0 Å². The Kier molecular flexibility index (Phi) is 4.67. The van der Waals surface area contributed by atoms with Crippen LogP contribution in [0, 0.1) is 0 Å². The van der Waals surface area contributed by atoms with Gasteiger partial charge in [0.1, 0.15) is 0 Å². The minimum absolute atomic E-state index is 2.92. The predicted octanol–water partition coefficient (Wildman–Crippen LogP) is 4.77. The first kappa shape index (κ1) is 16.7. The van der Waals surface area contributed by atoms with E-state index in [1.807, 2.05) is 0 Å². The highest BCUT2D eigenvalue weighted by molar-refractivity contribution is 6.28. The maximum absolute atomic E-state index is 12.5. The third-order valence-corrected chi connectivity index (χ3v) is 1.82. The van der Waals surface area contributed by atoms with Crippen LogP contribution < -0.4 is 0 Å². The first-order valence-electron chi connectivity index (χ1n) is 3.44. The molecule has 0 aromatic carbocycles. The zero-order valence-corrected chi connectivity index (χ0v) is 8.75. The van der Waals surface area contributed by atoms with Gasteiger partial charge in [-0.05, 0) is 23.2 Å². The summed E-state index contributed by atoms with van der Waals surface area (Å²) in [6.07, 6.45) is -4.95. The second-order valence-electron chi connectivity index (χ2n) is 2.68. The molecule has 1 unspecified atom stereocenters. The molecule has 0 saturated carbocycles. The van der Waals surface area contributed by atoms with Crippen molar-refractivity contribution in [1.82, 2.24) is 0 Å². The number of hydrogen-bond acceptors (Lipinski definition) is 0. The Labute approximate surface area is 98.0 Å². The van der Waals surface area contributed by atoms with E-state index in [9.17, 15) is 39.5 Å². The second kappa shape index (κ2) is 4.75. The lowest BCUT2D eigenvalue weighted by molar-refractivity contribution is -0.253. The molecule has 0 amide bonds. The lowest BCUT2D eigenvalue weighted by Gasteiger charge is -2.29. The smallest absolute Gasteiger partial charge is 0.232 e. The summed E-state index contributed by atoms with van der Waals surface area (Å²) >= 11 is 7.79. The van der Waals surface area contributed by atoms with Crippen molar-refractivity contribution in [2.45, 2.75) is 23.4 Å². The molecule has 0 N–H and O–H groups in total. The monoisotopic (exact) mass is 314 g/mol. The average Bonchev–Trinajstić information content (AvgIpc) is 2.13. The molecule has 0 rings (SSSR count). The summed E-state index contributed by atoms with van der Waals surface area (Å²) < 4.78 is 110. The van der Waals surface area contributed by atoms with Gasteiger partial charge < -0.3 is 0 Å². The van der Waals surface area contributed by atoms with Crippen LogP contribution in [0.1, 0.15) is 0 Å². The second-order valence-corrected chi connectivity index (χ2v) is 3.51. The van der Waals surface area contributed by atoms with E-state index in [1.54, 1.807) is 0 Å². The quantitative estimate of drug-likeness (QED) is 0.518. The number of allylic oxidation sites excluding steroid dienone is 1. The molecule has 0 nitrogen and oxygen atoms in total. The van der Waals surface area contributed by atoms with Crippen LogP contribution >= 0.6 is 23.2 Å². The summed E-state index contributed by atoms with van der Waals surface area (Å²) in [4.78, 5) is 0. The first-order valence-corrected chi connectivity index (χ1v) is 4.19. The summed E-state index contributed by atoms with van der Waals surface area (Å²) in [6, 6.07) is 0. The molecule has 0 fully saturated rings. The molecule has 17 heavy (non-hydrogen) atoms. The molecule has 0 aliphatic carbocycles. The maximum atomic E-state index is 12.5. The molecule has 0 aromatic heterocycles. The normalized spacial score (nSPS) is 17.8. The van der Waals surface area contributed by atoms with E-state index < -0.39 is 34.5 Å². The summed E-state index contributed by atoms with van der Waals surface area (Å²) in [5.74, 6) is -16.1. The molecular formula is C6HCl2F9. The van der Waals surface area contributed by atoms with Crippen molar-refractivity contribution in [3.63, 3.8) is 0 Å². The summed E-state index contributed by atoms with van der Waals surface area (Å²) in [6.45, 7) is 0. The highest BCUT2D eigenvalue weighted by atomic mass is 35.5. The molecule has 0 spiro atoms. The Morgan fingerprint density at radius 3 is 1.53 bits per heavy atom. The maximum Gasteiger partial charge on any atom is 0.367 e. The van der Waals surface area contributed by atoms with Crippen molar-refractivity contribution in [3.05, 3.63) is 11.1 Å². The summed E-state index contributed by atoms with van der Waals surface area (Å²) in [7, 11) is 0. The molecule has 0 saturated heterocycles. The highest BCUT2D eigenvalue weighted by Crippen LogP contribution is 2.49.